The van der Waals surface area contributed by atoms with E-state index in [-0.39, 0.29) is 21.2 Å². The minimum atomic E-state index is -2.51. The van der Waals surface area contributed by atoms with E-state index in [4.69, 9.17) is 14.6 Å². The molecule has 0 aliphatic heterocycles. The Bertz CT molecular complexity index is 1020. The van der Waals surface area contributed by atoms with Crippen LogP contribution in [0, 0.1) is 34.3 Å². The first-order valence-corrected chi connectivity index (χ1v) is 16.4. The van der Waals surface area contributed by atoms with Gasteiger partial charge in [-0.15, -0.1) is 0 Å². The lowest BCUT2D eigenvalue weighted by atomic mass is 10.1. The van der Waals surface area contributed by atoms with Gasteiger partial charge in [-0.2, -0.15) is 10.5 Å². The summed E-state index contributed by atoms with van der Waals surface area (Å²) in [5, 5.41) is 17.8. The van der Waals surface area contributed by atoms with Crippen LogP contribution in [-0.2, 0) is 16.2 Å². The minimum absolute atomic E-state index is 0.0375. The van der Waals surface area contributed by atoms with Gasteiger partial charge in [-0.25, -0.2) is 8.78 Å². The molecule has 0 aromatic heterocycles. The molecule has 0 fully saturated rings. The van der Waals surface area contributed by atoms with Gasteiger partial charge >= 0.3 is 0 Å². The molecule has 176 valence electrons. The first kappa shape index (κ1) is 26.9. The van der Waals surface area contributed by atoms with Crippen molar-refractivity contribution in [2.24, 2.45) is 0 Å². The SMILES string of the molecule is CC(C)(C)[Si](C)(Cc1ccc(C#N)c(F)c1)O[Si](C)(Cc1ccc(C#N)c(F)c1)C(C)(C)C. The lowest BCUT2D eigenvalue weighted by Gasteiger charge is -2.50. The van der Waals surface area contributed by atoms with E-state index in [9.17, 15) is 8.78 Å². The molecule has 0 aliphatic carbocycles. The van der Waals surface area contributed by atoms with Crippen molar-refractivity contribution in [2.75, 3.05) is 0 Å². The monoisotopic (exact) mass is 484 g/mol. The molecule has 2 unspecified atom stereocenters. The van der Waals surface area contributed by atoms with Crippen molar-refractivity contribution >= 4 is 16.6 Å². The first-order chi connectivity index (χ1) is 15.0. The molecular formula is C26H34F2N2OSi2. The quantitative estimate of drug-likeness (QED) is 0.403. The lowest BCUT2D eigenvalue weighted by molar-refractivity contribution is 0.431. The fourth-order valence-corrected chi connectivity index (χ4v) is 13.8. The molecule has 0 saturated carbocycles. The van der Waals surface area contributed by atoms with E-state index in [1.54, 1.807) is 0 Å². The summed E-state index contributed by atoms with van der Waals surface area (Å²) in [5.41, 5.74) is 1.72. The molecular weight excluding hydrogens is 450 g/mol. The molecule has 2 atom stereocenters. The van der Waals surface area contributed by atoms with Crippen LogP contribution < -0.4 is 0 Å². The smallest absolute Gasteiger partial charge is 0.186 e. The molecule has 2 aromatic rings. The number of benzene rings is 2. The number of hydrogen-bond donors (Lipinski definition) is 0. The van der Waals surface area contributed by atoms with Crippen molar-refractivity contribution < 1.29 is 12.9 Å². The molecule has 7 heteroatoms. The topological polar surface area (TPSA) is 56.8 Å². The molecule has 33 heavy (non-hydrogen) atoms. The summed E-state index contributed by atoms with van der Waals surface area (Å²) >= 11 is 0. The van der Waals surface area contributed by atoms with E-state index in [1.165, 1.54) is 24.3 Å². The largest absolute Gasteiger partial charge is 0.454 e. The highest BCUT2D eigenvalue weighted by atomic mass is 28.4. The Hall–Kier alpha value is -2.33. The van der Waals surface area contributed by atoms with Crippen LogP contribution in [0.3, 0.4) is 0 Å². The Morgan fingerprint density at radius 3 is 1.30 bits per heavy atom. The number of nitriles is 2. The standard InChI is InChI=1S/C26H34F2N2OSi2/c1-25(2,3)32(7,17-19-9-11-21(15-29)23(27)13-19)31-33(8,26(4,5)6)18-20-10-12-22(16-30)24(28)14-20/h9-14H,17-18H2,1-8H3. The summed E-state index contributed by atoms with van der Waals surface area (Å²) in [6.07, 6.45) is 0. The molecule has 3 nitrogen and oxygen atoms in total. The molecule has 0 heterocycles. The minimum Gasteiger partial charge on any atom is -0.454 e. The molecule has 0 saturated heterocycles. The zero-order valence-electron chi connectivity index (χ0n) is 20.9. The highest BCUT2D eigenvalue weighted by Crippen LogP contribution is 2.47. The second kappa shape index (κ2) is 9.50. The van der Waals surface area contributed by atoms with Crippen LogP contribution in [0.2, 0.25) is 23.2 Å². The van der Waals surface area contributed by atoms with Gasteiger partial charge in [0.2, 0.25) is 0 Å². The zero-order chi connectivity index (χ0) is 25.2. The van der Waals surface area contributed by atoms with E-state index in [2.05, 4.69) is 54.6 Å². The summed E-state index contributed by atoms with van der Waals surface area (Å²) in [4.78, 5) is 0. The van der Waals surface area contributed by atoms with Gasteiger partial charge in [0.05, 0.1) is 11.1 Å². The van der Waals surface area contributed by atoms with Crippen molar-refractivity contribution in [1.82, 2.24) is 0 Å². The lowest BCUT2D eigenvalue weighted by Crippen LogP contribution is -2.59. The molecule has 0 amide bonds. The Balaban J connectivity index is 2.49. The van der Waals surface area contributed by atoms with Gasteiger partial charge in [0, 0.05) is 0 Å². The Morgan fingerprint density at radius 1 is 0.727 bits per heavy atom. The fraction of sp³-hybridized carbons (Fsp3) is 0.462. The maximum atomic E-state index is 14.3. The van der Waals surface area contributed by atoms with Crippen LogP contribution in [0.15, 0.2) is 36.4 Å². The maximum Gasteiger partial charge on any atom is 0.186 e. The highest BCUT2D eigenvalue weighted by Gasteiger charge is 2.51. The van der Waals surface area contributed by atoms with Gasteiger partial charge in [0.25, 0.3) is 0 Å². The van der Waals surface area contributed by atoms with Gasteiger partial charge in [-0.3, -0.25) is 0 Å². The third kappa shape index (κ3) is 5.97. The summed E-state index contributed by atoms with van der Waals surface area (Å²) < 4.78 is 35.9. The van der Waals surface area contributed by atoms with E-state index in [0.29, 0.717) is 12.1 Å². The second-order valence-corrected chi connectivity index (χ2v) is 20.7. The molecule has 0 radical (unpaired) electrons. The predicted molar refractivity (Wildman–Crippen MR) is 133 cm³/mol. The van der Waals surface area contributed by atoms with Crippen molar-refractivity contribution in [2.45, 2.75) is 76.8 Å². The molecule has 0 aliphatic rings. The van der Waals surface area contributed by atoms with E-state index < -0.39 is 28.3 Å². The Labute approximate surface area is 199 Å². The molecule has 0 bridgehead atoms. The number of hydrogen-bond acceptors (Lipinski definition) is 3. The van der Waals surface area contributed by atoms with Crippen LogP contribution in [-0.4, -0.2) is 16.6 Å². The van der Waals surface area contributed by atoms with Gasteiger partial charge in [0.15, 0.2) is 16.6 Å². The first-order valence-electron chi connectivity index (χ1n) is 11.1. The summed E-state index contributed by atoms with van der Waals surface area (Å²) in [7, 11) is -5.01. The van der Waals surface area contributed by atoms with Crippen LogP contribution in [0.25, 0.3) is 0 Å². The fourth-order valence-electron chi connectivity index (χ4n) is 3.70. The molecule has 2 aromatic carbocycles. The third-order valence-electron chi connectivity index (χ3n) is 7.01. The number of nitrogens with zero attached hydrogens (tertiary/aromatic N) is 2. The van der Waals surface area contributed by atoms with Gasteiger partial charge in [0.1, 0.15) is 23.8 Å². The molecule has 0 spiro atoms. The average molecular weight is 485 g/mol. The van der Waals surface area contributed by atoms with Crippen LogP contribution in [0.4, 0.5) is 8.78 Å². The Morgan fingerprint density at radius 2 is 1.06 bits per heavy atom. The van der Waals surface area contributed by atoms with E-state index in [0.717, 1.165) is 11.1 Å². The van der Waals surface area contributed by atoms with Gasteiger partial charge < -0.3 is 4.12 Å². The van der Waals surface area contributed by atoms with Gasteiger partial charge in [-0.1, -0.05) is 53.7 Å². The van der Waals surface area contributed by atoms with Crippen molar-refractivity contribution in [3.63, 3.8) is 0 Å². The highest BCUT2D eigenvalue weighted by molar-refractivity contribution is 6.88. The zero-order valence-corrected chi connectivity index (χ0v) is 22.9. The number of halogens is 2. The third-order valence-corrected chi connectivity index (χ3v) is 19.1. The van der Waals surface area contributed by atoms with E-state index in [1.807, 2.05) is 24.3 Å². The molecule has 2 rings (SSSR count). The Kier molecular flexibility index (Phi) is 7.75. The van der Waals surface area contributed by atoms with Crippen LogP contribution in [0.5, 0.6) is 0 Å². The summed E-state index contributed by atoms with van der Waals surface area (Å²) in [6, 6.07) is 14.6. The number of rotatable bonds is 6. The summed E-state index contributed by atoms with van der Waals surface area (Å²) in [6.45, 7) is 17.4. The maximum absolute atomic E-state index is 14.3. The van der Waals surface area contributed by atoms with Crippen molar-refractivity contribution in [3.05, 3.63) is 70.3 Å². The van der Waals surface area contributed by atoms with Crippen molar-refractivity contribution in [1.29, 1.82) is 10.5 Å². The van der Waals surface area contributed by atoms with E-state index >= 15 is 0 Å². The normalized spacial score (nSPS) is 15.8. The summed E-state index contributed by atoms with van der Waals surface area (Å²) in [5.74, 6) is -1.02. The van der Waals surface area contributed by atoms with Crippen LogP contribution >= 0.6 is 0 Å². The van der Waals surface area contributed by atoms with Crippen LogP contribution in [0.1, 0.15) is 63.8 Å². The predicted octanol–water partition coefficient (Wildman–Crippen LogP) is 7.34. The van der Waals surface area contributed by atoms with Gasteiger partial charge in [-0.05, 0) is 70.7 Å². The average Bonchev–Trinajstić information content (AvgIpc) is 2.66. The van der Waals surface area contributed by atoms with Crippen molar-refractivity contribution in [3.8, 4) is 12.1 Å². The molecule has 0 N–H and O–H groups in total. The second-order valence-electron chi connectivity index (χ2n) is 11.3.